The van der Waals surface area contributed by atoms with Crippen LogP contribution in [0.4, 0.5) is 14.5 Å². The summed E-state index contributed by atoms with van der Waals surface area (Å²) in [5.41, 5.74) is -0.181. The maximum atomic E-state index is 14.3. The van der Waals surface area contributed by atoms with Gasteiger partial charge < -0.3 is 9.73 Å². The summed E-state index contributed by atoms with van der Waals surface area (Å²) >= 11 is 0. The molecule has 37 heavy (non-hydrogen) atoms. The predicted molar refractivity (Wildman–Crippen MR) is 131 cm³/mol. The Bertz CT molecular complexity index is 1410. The van der Waals surface area contributed by atoms with Gasteiger partial charge in [-0.2, -0.15) is 4.80 Å². The van der Waals surface area contributed by atoms with E-state index in [4.69, 9.17) is 4.42 Å². The Morgan fingerprint density at radius 2 is 1.78 bits per heavy atom. The number of hydrogen-bond donors (Lipinski definition) is 1. The second-order valence-electron chi connectivity index (χ2n) is 9.49. The Hall–Kier alpha value is -4.41. The average Bonchev–Trinajstić information content (AvgIpc) is 3.45. The second-order valence-corrected chi connectivity index (χ2v) is 9.49. The molecular formula is C26H26F2N6O3. The highest BCUT2D eigenvalue weighted by molar-refractivity contribution is 6.01. The van der Waals surface area contributed by atoms with E-state index in [1.54, 1.807) is 39.8 Å². The molecule has 9 nitrogen and oxygen atoms in total. The van der Waals surface area contributed by atoms with Crippen LogP contribution in [0.2, 0.25) is 0 Å². The van der Waals surface area contributed by atoms with Crippen LogP contribution in [0.5, 0.6) is 0 Å². The molecule has 1 atom stereocenters. The van der Waals surface area contributed by atoms with Crippen molar-refractivity contribution in [3.63, 3.8) is 0 Å². The summed E-state index contributed by atoms with van der Waals surface area (Å²) in [6, 6.07) is 12.7. The van der Waals surface area contributed by atoms with Crippen LogP contribution in [0.3, 0.4) is 0 Å². The van der Waals surface area contributed by atoms with Gasteiger partial charge in [0.2, 0.25) is 11.7 Å². The molecule has 0 bridgehead atoms. The van der Waals surface area contributed by atoms with Gasteiger partial charge in [-0.3, -0.25) is 14.5 Å². The molecule has 2 amide bonds. The summed E-state index contributed by atoms with van der Waals surface area (Å²) in [5, 5.41) is 14.9. The molecule has 2 heterocycles. The fourth-order valence-corrected chi connectivity index (χ4v) is 3.72. The van der Waals surface area contributed by atoms with Crippen molar-refractivity contribution < 1.29 is 22.8 Å². The molecule has 0 saturated heterocycles. The number of carbonyl (C=O) groups excluding carboxylic acids is 2. The third kappa shape index (κ3) is 6.24. The van der Waals surface area contributed by atoms with Crippen LogP contribution in [-0.2, 0) is 16.1 Å². The van der Waals surface area contributed by atoms with Crippen LogP contribution in [0.1, 0.15) is 38.1 Å². The lowest BCUT2D eigenvalue weighted by molar-refractivity contribution is -0.128. The van der Waals surface area contributed by atoms with Gasteiger partial charge in [-0.25, -0.2) is 8.78 Å². The number of amides is 2. The van der Waals surface area contributed by atoms with E-state index < -0.39 is 41.6 Å². The fraction of sp³-hybridized carbons (Fsp3) is 0.269. The average molecular weight is 509 g/mol. The molecule has 0 radical (unpaired) electrons. The molecule has 192 valence electrons. The van der Waals surface area contributed by atoms with Crippen molar-refractivity contribution in [1.29, 1.82) is 0 Å². The lowest BCUT2D eigenvalue weighted by Gasteiger charge is -2.33. The lowest BCUT2D eigenvalue weighted by atomic mass is 10.0. The van der Waals surface area contributed by atoms with Crippen LogP contribution in [-0.4, -0.2) is 37.6 Å². The van der Waals surface area contributed by atoms with Gasteiger partial charge in [-0.1, -0.05) is 18.2 Å². The standard InChI is InChI=1S/C26H26F2N6O3/c1-16-8-13-21(37-16)24-30-32-33(31-24)15-22(35)34(20-7-5-6-19(28)14-20)23(25(36)29-26(2,3)4)17-9-11-18(27)12-10-17/h5-14,23H,15H2,1-4H3,(H,29,36). The highest BCUT2D eigenvalue weighted by Crippen LogP contribution is 2.30. The molecule has 4 rings (SSSR count). The minimum atomic E-state index is -1.25. The zero-order chi connectivity index (χ0) is 26.7. The summed E-state index contributed by atoms with van der Waals surface area (Å²) < 4.78 is 33.5. The minimum Gasteiger partial charge on any atom is -0.458 e. The number of nitrogens with zero attached hydrogens (tertiary/aromatic N) is 5. The van der Waals surface area contributed by atoms with Crippen molar-refractivity contribution in [3.05, 3.63) is 83.6 Å². The SMILES string of the molecule is Cc1ccc(-c2nnn(CC(=O)N(c3cccc(F)c3)C(C(=O)NC(C)(C)C)c3ccc(F)cc3)n2)o1. The molecule has 2 aromatic heterocycles. The number of nitrogens with one attached hydrogen (secondary N) is 1. The molecule has 1 N–H and O–H groups in total. The van der Waals surface area contributed by atoms with Crippen molar-refractivity contribution in [2.24, 2.45) is 0 Å². The Balaban J connectivity index is 1.75. The summed E-state index contributed by atoms with van der Waals surface area (Å²) in [5.74, 6) is -1.04. The van der Waals surface area contributed by atoms with Crippen LogP contribution in [0.25, 0.3) is 11.6 Å². The van der Waals surface area contributed by atoms with Gasteiger partial charge in [-0.05, 0) is 80.9 Å². The number of benzene rings is 2. The number of furan rings is 1. The van der Waals surface area contributed by atoms with Gasteiger partial charge >= 0.3 is 0 Å². The number of aromatic nitrogens is 4. The highest BCUT2D eigenvalue weighted by Gasteiger charge is 2.35. The van der Waals surface area contributed by atoms with Crippen molar-refractivity contribution in [2.45, 2.75) is 45.8 Å². The zero-order valence-electron chi connectivity index (χ0n) is 20.8. The van der Waals surface area contributed by atoms with Gasteiger partial charge in [-0.15, -0.1) is 10.2 Å². The van der Waals surface area contributed by atoms with Gasteiger partial charge in [0.25, 0.3) is 5.91 Å². The molecule has 4 aromatic rings. The van der Waals surface area contributed by atoms with Gasteiger partial charge in [0.1, 0.15) is 30.0 Å². The first-order chi connectivity index (χ1) is 17.5. The van der Waals surface area contributed by atoms with E-state index in [-0.39, 0.29) is 11.5 Å². The molecular weight excluding hydrogens is 482 g/mol. The topological polar surface area (TPSA) is 106 Å². The molecule has 2 aromatic carbocycles. The normalized spacial score (nSPS) is 12.3. The Morgan fingerprint density at radius 1 is 1.05 bits per heavy atom. The van der Waals surface area contributed by atoms with Crippen LogP contribution in [0, 0.1) is 18.6 Å². The lowest BCUT2D eigenvalue weighted by Crippen LogP contribution is -2.50. The molecule has 1 unspecified atom stereocenters. The number of anilines is 1. The Morgan fingerprint density at radius 3 is 2.41 bits per heavy atom. The monoisotopic (exact) mass is 508 g/mol. The number of carbonyl (C=O) groups is 2. The number of rotatable bonds is 7. The smallest absolute Gasteiger partial charge is 0.251 e. The van der Waals surface area contributed by atoms with Crippen LogP contribution >= 0.6 is 0 Å². The van der Waals surface area contributed by atoms with Crippen molar-refractivity contribution in [1.82, 2.24) is 25.5 Å². The van der Waals surface area contributed by atoms with Crippen LogP contribution < -0.4 is 10.2 Å². The molecule has 0 fully saturated rings. The van der Waals surface area contributed by atoms with Crippen molar-refractivity contribution in [3.8, 4) is 11.6 Å². The quantitative estimate of drug-likeness (QED) is 0.401. The maximum Gasteiger partial charge on any atom is 0.251 e. The van der Waals surface area contributed by atoms with Crippen molar-refractivity contribution in [2.75, 3.05) is 4.90 Å². The van der Waals surface area contributed by atoms with E-state index in [2.05, 4.69) is 20.7 Å². The first kappa shape index (κ1) is 25.7. The summed E-state index contributed by atoms with van der Waals surface area (Å²) in [6.07, 6.45) is 0. The van der Waals surface area contributed by atoms with Crippen LogP contribution in [0.15, 0.2) is 65.1 Å². The molecule has 0 aliphatic carbocycles. The van der Waals surface area contributed by atoms with E-state index in [0.717, 1.165) is 15.8 Å². The Labute approximate surface area is 212 Å². The van der Waals surface area contributed by atoms with E-state index in [0.29, 0.717) is 17.1 Å². The summed E-state index contributed by atoms with van der Waals surface area (Å²) in [7, 11) is 0. The van der Waals surface area contributed by atoms with Gasteiger partial charge in [0.05, 0.1) is 0 Å². The third-order valence-corrected chi connectivity index (χ3v) is 5.24. The van der Waals surface area contributed by atoms with Crippen molar-refractivity contribution >= 4 is 17.5 Å². The number of tetrazole rings is 1. The molecule has 0 saturated carbocycles. The third-order valence-electron chi connectivity index (χ3n) is 5.24. The summed E-state index contributed by atoms with van der Waals surface area (Å²) in [6.45, 7) is 6.73. The zero-order valence-corrected chi connectivity index (χ0v) is 20.8. The molecule has 0 aliphatic rings. The number of aryl methyl sites for hydroxylation is 1. The first-order valence-corrected chi connectivity index (χ1v) is 11.5. The maximum absolute atomic E-state index is 14.3. The van der Waals surface area contributed by atoms with E-state index >= 15 is 0 Å². The van der Waals surface area contributed by atoms with E-state index in [9.17, 15) is 18.4 Å². The molecule has 0 aliphatic heterocycles. The minimum absolute atomic E-state index is 0.130. The first-order valence-electron chi connectivity index (χ1n) is 11.5. The number of halogens is 2. The largest absolute Gasteiger partial charge is 0.458 e. The second kappa shape index (κ2) is 10.3. The molecule has 11 heteroatoms. The number of hydrogen-bond acceptors (Lipinski definition) is 6. The van der Waals surface area contributed by atoms with E-state index in [1.165, 1.54) is 42.5 Å². The van der Waals surface area contributed by atoms with E-state index in [1.807, 2.05) is 0 Å². The highest BCUT2D eigenvalue weighted by atomic mass is 19.1. The molecule has 0 spiro atoms. The predicted octanol–water partition coefficient (Wildman–Crippen LogP) is 4.21. The Kier molecular flexibility index (Phi) is 7.14. The summed E-state index contributed by atoms with van der Waals surface area (Å²) in [4.78, 5) is 29.5. The van der Waals surface area contributed by atoms with Gasteiger partial charge in [0.15, 0.2) is 5.76 Å². The van der Waals surface area contributed by atoms with Gasteiger partial charge in [0, 0.05) is 11.2 Å². The fourth-order valence-electron chi connectivity index (χ4n) is 3.72.